The van der Waals surface area contributed by atoms with Crippen LogP contribution in [0, 0.1) is 0 Å². The van der Waals surface area contributed by atoms with Gasteiger partial charge in [0.1, 0.15) is 6.61 Å². The Balaban J connectivity index is 1.47. The average molecular weight is 540 g/mol. The maximum atomic E-state index is 12.7. The molecule has 40 heavy (non-hydrogen) atoms. The molecule has 1 heterocycles. The molecule has 0 saturated heterocycles. The number of carboxylic acid groups (broad SMARTS) is 1. The molecule has 0 bridgehead atoms. The zero-order valence-electron chi connectivity index (χ0n) is 22.0. The molecule has 0 aliphatic heterocycles. The van der Waals surface area contributed by atoms with E-state index in [1.54, 1.807) is 12.4 Å². The van der Waals surface area contributed by atoms with Crippen LogP contribution in [0.1, 0.15) is 23.1 Å². The van der Waals surface area contributed by atoms with E-state index in [-0.39, 0.29) is 13.0 Å². The highest BCUT2D eigenvalue weighted by atomic mass is 16.5. The fraction of sp³-hybridized carbons (Fsp3) is 0.219. The predicted octanol–water partition coefficient (Wildman–Crippen LogP) is 5.22. The zero-order valence-corrected chi connectivity index (χ0v) is 22.0. The first-order valence-corrected chi connectivity index (χ1v) is 13.1. The number of nitrogens with zero attached hydrogens (tertiary/aromatic N) is 1. The fourth-order valence-electron chi connectivity index (χ4n) is 4.54. The number of benzene rings is 3. The van der Waals surface area contributed by atoms with E-state index in [1.165, 1.54) is 0 Å². The highest BCUT2D eigenvalue weighted by Gasteiger charge is 2.26. The molecule has 8 heteroatoms. The van der Waals surface area contributed by atoms with E-state index >= 15 is 0 Å². The highest BCUT2D eigenvalue weighted by Crippen LogP contribution is 2.20. The van der Waals surface area contributed by atoms with E-state index in [2.05, 4.69) is 15.6 Å². The second-order valence-electron chi connectivity index (χ2n) is 9.59. The van der Waals surface area contributed by atoms with Crippen molar-refractivity contribution in [1.82, 2.24) is 15.6 Å². The van der Waals surface area contributed by atoms with Gasteiger partial charge in [-0.15, -0.1) is 0 Å². The molecular weight excluding hydrogens is 506 g/mol. The van der Waals surface area contributed by atoms with Crippen molar-refractivity contribution in [2.45, 2.75) is 44.1 Å². The molecule has 2 amide bonds. The molecule has 1 aromatic heterocycles. The molecule has 0 aliphatic rings. The molecule has 3 aromatic carbocycles. The molecule has 0 radical (unpaired) electrons. The maximum Gasteiger partial charge on any atom is 0.407 e. The smallest absolute Gasteiger partial charge is 0.407 e. The van der Waals surface area contributed by atoms with Gasteiger partial charge < -0.3 is 25.6 Å². The van der Waals surface area contributed by atoms with Crippen LogP contribution < -0.4 is 10.6 Å². The Kier molecular flexibility index (Phi) is 10.2. The summed E-state index contributed by atoms with van der Waals surface area (Å²) >= 11 is 0. The Bertz CT molecular complexity index is 1340. The second-order valence-corrected chi connectivity index (χ2v) is 9.59. The van der Waals surface area contributed by atoms with Crippen molar-refractivity contribution in [2.24, 2.45) is 0 Å². The van der Waals surface area contributed by atoms with Crippen molar-refractivity contribution < 1.29 is 24.5 Å². The van der Waals surface area contributed by atoms with Crippen LogP contribution in [-0.2, 0) is 24.2 Å². The Labute approximate surface area is 233 Å². The third-order valence-electron chi connectivity index (χ3n) is 6.56. The van der Waals surface area contributed by atoms with E-state index in [0.29, 0.717) is 12.8 Å². The topological polar surface area (TPSA) is 121 Å². The molecule has 206 valence electrons. The molecule has 4 rings (SSSR count). The van der Waals surface area contributed by atoms with Gasteiger partial charge in [0.05, 0.1) is 12.1 Å². The number of aliphatic hydroxyl groups excluding tert-OH is 1. The lowest BCUT2D eigenvalue weighted by atomic mass is 9.93. The summed E-state index contributed by atoms with van der Waals surface area (Å²) < 4.78 is 5.43. The molecule has 8 nitrogen and oxygen atoms in total. The van der Waals surface area contributed by atoms with Gasteiger partial charge in [-0.2, -0.15) is 0 Å². The largest absolute Gasteiger partial charge is 0.465 e. The monoisotopic (exact) mass is 539 g/mol. The lowest BCUT2D eigenvalue weighted by Gasteiger charge is -2.27. The molecule has 4 N–H and O–H groups in total. The minimum Gasteiger partial charge on any atom is -0.465 e. The van der Waals surface area contributed by atoms with Crippen LogP contribution in [0.4, 0.5) is 9.59 Å². The zero-order chi connectivity index (χ0) is 28.2. The first-order chi connectivity index (χ1) is 19.5. The van der Waals surface area contributed by atoms with Crippen LogP contribution in [0.15, 0.2) is 109 Å². The van der Waals surface area contributed by atoms with Crippen molar-refractivity contribution in [1.29, 1.82) is 0 Å². The highest BCUT2D eigenvalue weighted by molar-refractivity contribution is 5.68. The van der Waals surface area contributed by atoms with Crippen LogP contribution in [-0.4, -0.2) is 45.6 Å². The van der Waals surface area contributed by atoms with Crippen LogP contribution >= 0.6 is 0 Å². The maximum absolute atomic E-state index is 12.7. The number of carbonyl (C=O) groups is 2. The van der Waals surface area contributed by atoms with Gasteiger partial charge in [-0.05, 0) is 53.1 Å². The third kappa shape index (κ3) is 8.96. The van der Waals surface area contributed by atoms with Crippen LogP contribution in [0.3, 0.4) is 0 Å². The first-order valence-electron chi connectivity index (χ1n) is 13.1. The molecule has 0 aliphatic carbocycles. The third-order valence-corrected chi connectivity index (χ3v) is 6.56. The number of amides is 2. The van der Waals surface area contributed by atoms with Gasteiger partial charge in [0.15, 0.2) is 0 Å². The summed E-state index contributed by atoms with van der Waals surface area (Å²) in [6, 6.07) is 29.2. The average Bonchev–Trinajstić information content (AvgIpc) is 2.97. The van der Waals surface area contributed by atoms with Crippen LogP contribution in [0.5, 0.6) is 0 Å². The number of rotatable bonds is 12. The number of aliphatic hydroxyl groups is 1. The summed E-state index contributed by atoms with van der Waals surface area (Å²) in [4.78, 5) is 28.4. The summed E-state index contributed by atoms with van der Waals surface area (Å²) in [5, 5.41) is 25.9. The number of nitrogens with one attached hydrogen (secondary N) is 2. The van der Waals surface area contributed by atoms with Gasteiger partial charge in [0.2, 0.25) is 0 Å². The number of carbonyl (C=O) groups excluding carboxylic acids is 1. The van der Waals surface area contributed by atoms with E-state index in [9.17, 15) is 19.8 Å². The molecule has 0 saturated carbocycles. The van der Waals surface area contributed by atoms with Crippen LogP contribution in [0.2, 0.25) is 0 Å². The summed E-state index contributed by atoms with van der Waals surface area (Å²) in [6.07, 6.45) is 1.45. The van der Waals surface area contributed by atoms with E-state index in [0.717, 1.165) is 27.8 Å². The summed E-state index contributed by atoms with van der Waals surface area (Å²) in [7, 11) is 0. The minimum absolute atomic E-state index is 0.110. The number of pyridine rings is 1. The summed E-state index contributed by atoms with van der Waals surface area (Å²) in [5.74, 6) is 0. The quantitative estimate of drug-likeness (QED) is 0.196. The molecule has 3 atom stereocenters. The Morgan fingerprint density at radius 1 is 0.750 bits per heavy atom. The Morgan fingerprint density at radius 2 is 1.40 bits per heavy atom. The van der Waals surface area contributed by atoms with Crippen LogP contribution in [0.25, 0.3) is 11.1 Å². The molecule has 0 fully saturated rings. The lowest BCUT2D eigenvalue weighted by molar-refractivity contribution is 0.0955. The van der Waals surface area contributed by atoms with Gasteiger partial charge in [-0.3, -0.25) is 4.98 Å². The molecule has 4 aromatic rings. The van der Waals surface area contributed by atoms with Gasteiger partial charge >= 0.3 is 12.2 Å². The van der Waals surface area contributed by atoms with E-state index < -0.39 is 30.4 Å². The first kappa shape index (κ1) is 28.3. The number of alkyl carbamates (subject to hydrolysis) is 1. The predicted molar refractivity (Wildman–Crippen MR) is 153 cm³/mol. The second kappa shape index (κ2) is 14.5. The molecule has 0 unspecified atom stereocenters. The van der Waals surface area contributed by atoms with Gasteiger partial charge in [-0.25, -0.2) is 9.59 Å². The standard InChI is InChI=1S/C32H33N3O5/c36-30(29(35-31(37)38)19-23-8-3-1-4-9-23)20-28(34-32(39)40-22-25-10-5-2-6-11-25)18-24-13-15-26(16-14-24)27-12-7-17-33-21-27/h1-17,21,28-30,35-36H,18-20,22H2,(H,34,39)(H,37,38)/t28-,29-,30-/m0/s1. The SMILES string of the molecule is O=C(O)N[C@@H](Cc1ccccc1)[C@@H](O)C[C@H](Cc1ccc(-c2cccnc2)cc1)NC(=O)OCc1ccccc1. The number of hydrogen-bond acceptors (Lipinski definition) is 5. The molecular formula is C32H33N3O5. The van der Waals surface area contributed by atoms with E-state index in [1.807, 2.05) is 97.1 Å². The fourth-order valence-corrected chi connectivity index (χ4v) is 4.54. The van der Waals surface area contributed by atoms with E-state index in [4.69, 9.17) is 4.74 Å². The lowest BCUT2D eigenvalue weighted by Crippen LogP contribution is -2.48. The van der Waals surface area contributed by atoms with Crippen molar-refractivity contribution in [2.75, 3.05) is 0 Å². The van der Waals surface area contributed by atoms with Gasteiger partial charge in [0, 0.05) is 18.4 Å². The normalized spacial score (nSPS) is 13.0. The van der Waals surface area contributed by atoms with Crippen molar-refractivity contribution in [3.05, 3.63) is 126 Å². The summed E-state index contributed by atoms with van der Waals surface area (Å²) in [6.45, 7) is 0.110. The van der Waals surface area contributed by atoms with Gasteiger partial charge in [0.25, 0.3) is 0 Å². The Morgan fingerprint density at radius 3 is 2.02 bits per heavy atom. The Hall–Kier alpha value is -4.69. The van der Waals surface area contributed by atoms with Gasteiger partial charge in [-0.1, -0.05) is 91.0 Å². The number of aromatic nitrogens is 1. The number of hydrogen-bond donors (Lipinski definition) is 4. The van der Waals surface area contributed by atoms with Crippen molar-refractivity contribution in [3.63, 3.8) is 0 Å². The number of ether oxygens (including phenoxy) is 1. The van der Waals surface area contributed by atoms with Crippen molar-refractivity contribution >= 4 is 12.2 Å². The summed E-state index contributed by atoms with van der Waals surface area (Å²) in [5.41, 5.74) is 4.69. The minimum atomic E-state index is -1.22. The molecule has 0 spiro atoms. The van der Waals surface area contributed by atoms with Crippen molar-refractivity contribution in [3.8, 4) is 11.1 Å².